The van der Waals surface area contributed by atoms with Crippen molar-refractivity contribution in [2.45, 2.75) is 105 Å². The predicted octanol–water partition coefficient (Wildman–Crippen LogP) is 7.77. The van der Waals surface area contributed by atoms with Crippen LogP contribution in [0.1, 0.15) is 58.9 Å². The number of halogens is 1. The molecule has 8 nitrogen and oxygen atoms in total. The lowest BCUT2D eigenvalue weighted by molar-refractivity contribution is 0.0492. The van der Waals surface area contributed by atoms with Gasteiger partial charge in [-0.3, -0.25) is 4.90 Å². The average molecular weight is 586 g/mol. The number of hydrogen-bond donors (Lipinski definition) is 1. The fraction of sp³-hybridized carbons (Fsp3) is 0.667. The van der Waals surface area contributed by atoms with Crippen molar-refractivity contribution in [1.29, 1.82) is 0 Å². The molecule has 38 heavy (non-hydrogen) atoms. The number of amides is 2. The highest BCUT2D eigenvalue weighted by Crippen LogP contribution is 2.39. The van der Waals surface area contributed by atoms with Crippen LogP contribution in [0.5, 0.6) is 0 Å². The third-order valence-corrected chi connectivity index (χ3v) is 8.52. The molecule has 2 heterocycles. The van der Waals surface area contributed by atoms with Gasteiger partial charge in [-0.1, -0.05) is 31.2 Å². The number of carbonyl (C=O) groups excluding carboxylic acids is 2. The normalized spacial score (nSPS) is 13.4. The summed E-state index contributed by atoms with van der Waals surface area (Å²) in [7, 11) is -1.30. The first kappa shape index (κ1) is 32.3. The molecule has 0 aliphatic carbocycles. The van der Waals surface area contributed by atoms with Crippen molar-refractivity contribution in [2.75, 3.05) is 18.2 Å². The fourth-order valence-corrected chi connectivity index (χ4v) is 5.82. The standard InChI is InChI=1S/C27H44ClN3O5SSi/c1-17(29-24(32)35-26(3,4)5)14-20-18(2)22-23(37-20)19(15-21(28)30-22)31(25(33)36-27(6,7)8)16-34-12-13-38(9,10)11/h15,17H,12-14,16H2,1-11H3,(H,29,32)/t17-/m0/s1. The van der Waals surface area contributed by atoms with Crippen LogP contribution in [0.15, 0.2) is 6.07 Å². The molecule has 2 aromatic rings. The van der Waals surface area contributed by atoms with Gasteiger partial charge < -0.3 is 19.5 Å². The Bertz CT molecular complexity index is 1130. The van der Waals surface area contributed by atoms with Crippen molar-refractivity contribution < 1.29 is 23.8 Å². The number of ether oxygens (including phenoxy) is 3. The van der Waals surface area contributed by atoms with Crippen LogP contribution in [0, 0.1) is 6.92 Å². The number of aryl methyl sites for hydroxylation is 1. The minimum atomic E-state index is -1.30. The molecule has 1 N–H and O–H groups in total. The van der Waals surface area contributed by atoms with E-state index in [1.165, 1.54) is 16.2 Å². The van der Waals surface area contributed by atoms with E-state index in [4.69, 9.17) is 25.8 Å². The van der Waals surface area contributed by atoms with E-state index in [-0.39, 0.29) is 17.9 Å². The molecule has 0 saturated heterocycles. The number of rotatable bonds is 9. The van der Waals surface area contributed by atoms with Crippen LogP contribution < -0.4 is 10.2 Å². The Hall–Kier alpha value is -1.88. The molecule has 2 amide bonds. The molecule has 1 atom stereocenters. The molecule has 2 rings (SSSR count). The first-order valence-corrected chi connectivity index (χ1v) is 17.8. The van der Waals surface area contributed by atoms with E-state index in [2.05, 4.69) is 29.9 Å². The molecule has 0 radical (unpaired) electrons. The van der Waals surface area contributed by atoms with Crippen molar-refractivity contribution in [2.24, 2.45) is 0 Å². The molecule has 0 aromatic carbocycles. The maximum absolute atomic E-state index is 13.3. The molecule has 0 bridgehead atoms. The zero-order valence-electron chi connectivity index (χ0n) is 24.7. The van der Waals surface area contributed by atoms with Gasteiger partial charge in [0.1, 0.15) is 23.1 Å². The highest BCUT2D eigenvalue weighted by Gasteiger charge is 2.28. The van der Waals surface area contributed by atoms with Gasteiger partial charge in [-0.05, 0) is 67.0 Å². The summed E-state index contributed by atoms with van der Waals surface area (Å²) in [4.78, 5) is 32.7. The SMILES string of the molecule is Cc1c(C[C@H](C)NC(=O)OC(C)(C)C)sc2c(N(COCC[Si](C)(C)C)C(=O)OC(C)(C)C)cc(Cl)nc12. The lowest BCUT2D eigenvalue weighted by Gasteiger charge is -2.28. The monoisotopic (exact) mass is 585 g/mol. The second-order valence-corrected chi connectivity index (χ2v) is 19.9. The number of pyridine rings is 1. The zero-order valence-corrected chi connectivity index (χ0v) is 27.3. The summed E-state index contributed by atoms with van der Waals surface area (Å²) < 4.78 is 17.9. The Morgan fingerprint density at radius 3 is 2.29 bits per heavy atom. The van der Waals surface area contributed by atoms with Gasteiger partial charge >= 0.3 is 12.2 Å². The summed E-state index contributed by atoms with van der Waals surface area (Å²) in [5.74, 6) is 0. The van der Waals surface area contributed by atoms with Gasteiger partial charge in [0.25, 0.3) is 0 Å². The van der Waals surface area contributed by atoms with Crippen LogP contribution in [0.3, 0.4) is 0 Å². The summed E-state index contributed by atoms with van der Waals surface area (Å²) in [6.07, 6.45) is -0.402. The molecule has 11 heteroatoms. The van der Waals surface area contributed by atoms with E-state index < -0.39 is 31.5 Å². The van der Waals surface area contributed by atoms with Crippen molar-refractivity contribution in [3.8, 4) is 0 Å². The Kier molecular flexibility index (Phi) is 10.7. The Balaban J connectivity index is 2.40. The van der Waals surface area contributed by atoms with Crippen LogP contribution in [0.2, 0.25) is 30.8 Å². The molecule has 2 aromatic heterocycles. The van der Waals surface area contributed by atoms with Crippen LogP contribution in [0.25, 0.3) is 10.2 Å². The fourth-order valence-electron chi connectivity index (χ4n) is 3.48. The lowest BCUT2D eigenvalue weighted by Crippen LogP contribution is -2.38. The molecule has 0 unspecified atom stereocenters. The minimum absolute atomic E-state index is 0.0394. The molecule has 0 saturated carbocycles. The quantitative estimate of drug-likeness (QED) is 0.140. The number of anilines is 1. The summed E-state index contributed by atoms with van der Waals surface area (Å²) in [6.45, 7) is 22.3. The first-order valence-electron chi connectivity index (χ1n) is 12.9. The third kappa shape index (κ3) is 10.4. The molecular weight excluding hydrogens is 542 g/mol. The first-order chi connectivity index (χ1) is 17.3. The van der Waals surface area contributed by atoms with E-state index >= 15 is 0 Å². The number of aromatic nitrogens is 1. The van der Waals surface area contributed by atoms with Crippen molar-refractivity contribution in [1.82, 2.24) is 10.3 Å². The Labute approximate surface area is 237 Å². The van der Waals surface area contributed by atoms with E-state index in [0.717, 1.165) is 21.2 Å². The van der Waals surface area contributed by atoms with Gasteiger partial charge in [0.15, 0.2) is 0 Å². The Morgan fingerprint density at radius 2 is 1.74 bits per heavy atom. The summed E-state index contributed by atoms with van der Waals surface area (Å²) >= 11 is 7.97. The molecular formula is C27H44ClN3O5SSi. The average Bonchev–Trinajstić information content (AvgIpc) is 2.99. The number of thiophene rings is 1. The number of nitrogens with zero attached hydrogens (tertiary/aromatic N) is 2. The minimum Gasteiger partial charge on any atom is -0.444 e. The number of carbonyl (C=O) groups is 2. The third-order valence-electron chi connectivity index (χ3n) is 5.30. The van der Waals surface area contributed by atoms with E-state index in [1.54, 1.807) is 6.07 Å². The molecule has 0 spiro atoms. The van der Waals surface area contributed by atoms with Crippen LogP contribution in [-0.4, -0.2) is 55.8 Å². The summed E-state index contributed by atoms with van der Waals surface area (Å²) in [6, 6.07) is 2.48. The second kappa shape index (κ2) is 12.5. The van der Waals surface area contributed by atoms with Crippen LogP contribution >= 0.6 is 22.9 Å². The van der Waals surface area contributed by atoms with E-state index in [1.807, 2.05) is 55.4 Å². The summed E-state index contributed by atoms with van der Waals surface area (Å²) in [5, 5.41) is 3.17. The number of alkyl carbamates (subject to hydrolysis) is 1. The van der Waals surface area contributed by atoms with Crippen molar-refractivity contribution in [3.05, 3.63) is 21.7 Å². The van der Waals surface area contributed by atoms with Crippen molar-refractivity contribution >= 4 is 59.1 Å². The largest absolute Gasteiger partial charge is 0.444 e. The van der Waals surface area contributed by atoms with Gasteiger partial charge in [-0.25, -0.2) is 14.6 Å². The summed E-state index contributed by atoms with van der Waals surface area (Å²) in [5.41, 5.74) is 1.01. The van der Waals surface area contributed by atoms with Gasteiger partial charge in [-0.15, -0.1) is 11.3 Å². The van der Waals surface area contributed by atoms with E-state index in [0.29, 0.717) is 24.2 Å². The van der Waals surface area contributed by atoms with Crippen LogP contribution in [0.4, 0.5) is 15.3 Å². The zero-order chi connectivity index (χ0) is 29.1. The van der Waals surface area contributed by atoms with Crippen molar-refractivity contribution in [3.63, 3.8) is 0 Å². The Morgan fingerprint density at radius 1 is 1.13 bits per heavy atom. The topological polar surface area (TPSA) is 90.0 Å². The molecule has 214 valence electrons. The number of hydrogen-bond acceptors (Lipinski definition) is 7. The molecule has 0 fully saturated rings. The predicted molar refractivity (Wildman–Crippen MR) is 160 cm³/mol. The van der Waals surface area contributed by atoms with Gasteiger partial charge in [0.2, 0.25) is 0 Å². The molecule has 0 aliphatic heterocycles. The maximum Gasteiger partial charge on any atom is 0.416 e. The van der Waals surface area contributed by atoms with E-state index in [9.17, 15) is 9.59 Å². The van der Waals surface area contributed by atoms with Gasteiger partial charge in [0, 0.05) is 38.1 Å². The molecule has 0 aliphatic rings. The lowest BCUT2D eigenvalue weighted by atomic mass is 10.1. The smallest absolute Gasteiger partial charge is 0.416 e. The van der Waals surface area contributed by atoms with Gasteiger partial charge in [-0.2, -0.15) is 0 Å². The highest BCUT2D eigenvalue weighted by atomic mass is 35.5. The number of nitrogens with one attached hydrogen (secondary N) is 1. The number of fused-ring (bicyclic) bond motifs is 1. The second-order valence-electron chi connectivity index (χ2n) is 12.8. The van der Waals surface area contributed by atoms with Gasteiger partial charge in [0.05, 0.1) is 15.9 Å². The van der Waals surface area contributed by atoms with Crippen LogP contribution in [-0.2, 0) is 20.6 Å². The highest BCUT2D eigenvalue weighted by molar-refractivity contribution is 7.19. The maximum atomic E-state index is 13.3.